The number of fused-ring (bicyclic) bond motifs is 1. The van der Waals surface area contributed by atoms with Gasteiger partial charge in [-0.05, 0) is 25.0 Å². The largest absolute Gasteiger partial charge is 0.365 e. The molecule has 3 heterocycles. The summed E-state index contributed by atoms with van der Waals surface area (Å²) in [5.74, 6) is 0.691. The van der Waals surface area contributed by atoms with Gasteiger partial charge in [0.2, 0.25) is 16.0 Å². The van der Waals surface area contributed by atoms with Gasteiger partial charge in [-0.25, -0.2) is 18.4 Å². The number of rotatable bonds is 3. The van der Waals surface area contributed by atoms with Gasteiger partial charge >= 0.3 is 0 Å². The van der Waals surface area contributed by atoms with Crippen LogP contribution >= 0.6 is 0 Å². The first-order chi connectivity index (χ1) is 12.9. The lowest BCUT2D eigenvalue weighted by Gasteiger charge is -2.45. The van der Waals surface area contributed by atoms with Crippen LogP contribution in [0.25, 0.3) is 0 Å². The van der Waals surface area contributed by atoms with Crippen LogP contribution < -0.4 is 14.9 Å². The maximum Gasteiger partial charge on any atom is 0.244 e. The van der Waals surface area contributed by atoms with Crippen LogP contribution in [0.15, 0.2) is 41.6 Å². The van der Waals surface area contributed by atoms with Gasteiger partial charge in [0, 0.05) is 51.7 Å². The highest BCUT2D eigenvalue weighted by Gasteiger charge is 2.42. The van der Waals surface area contributed by atoms with Gasteiger partial charge in [-0.1, -0.05) is 12.1 Å². The number of para-hydroxylation sites is 1. The molecule has 9 heteroatoms. The Kier molecular flexibility index (Phi) is 4.53. The molecule has 1 aromatic carbocycles. The Morgan fingerprint density at radius 3 is 2.48 bits per heavy atom. The summed E-state index contributed by atoms with van der Waals surface area (Å²) in [4.78, 5) is 13.2. The molecule has 0 unspecified atom stereocenters. The molecule has 2 N–H and O–H groups in total. The van der Waals surface area contributed by atoms with Gasteiger partial charge in [-0.2, -0.15) is 4.72 Å². The SMILES string of the molecule is CN(C)c1ncc(CN2CCC3(CC2)Nc2ccccc2S(=O)(=O)N3)cn1. The molecule has 0 atom stereocenters. The molecule has 0 radical (unpaired) electrons. The smallest absolute Gasteiger partial charge is 0.244 e. The van der Waals surface area contributed by atoms with E-state index >= 15 is 0 Å². The molecule has 8 nitrogen and oxygen atoms in total. The fraction of sp³-hybridized carbons (Fsp3) is 0.444. The second-order valence-electron chi connectivity index (χ2n) is 7.37. The minimum Gasteiger partial charge on any atom is -0.365 e. The summed E-state index contributed by atoms with van der Waals surface area (Å²) in [5, 5.41) is 3.43. The van der Waals surface area contributed by atoms with E-state index in [2.05, 4.69) is 24.9 Å². The van der Waals surface area contributed by atoms with Crippen molar-refractivity contribution in [2.75, 3.05) is 37.4 Å². The second kappa shape index (κ2) is 6.74. The van der Waals surface area contributed by atoms with Crippen molar-refractivity contribution in [2.24, 2.45) is 0 Å². The number of anilines is 2. The van der Waals surface area contributed by atoms with Crippen molar-refractivity contribution in [2.45, 2.75) is 29.9 Å². The van der Waals surface area contributed by atoms with Crippen LogP contribution in [-0.2, 0) is 16.6 Å². The van der Waals surface area contributed by atoms with Crippen molar-refractivity contribution in [3.05, 3.63) is 42.2 Å². The summed E-state index contributed by atoms with van der Waals surface area (Å²) in [7, 11) is 0.329. The lowest BCUT2D eigenvalue weighted by atomic mass is 9.97. The molecule has 27 heavy (non-hydrogen) atoms. The van der Waals surface area contributed by atoms with Crippen LogP contribution in [0.5, 0.6) is 0 Å². The Balaban J connectivity index is 1.43. The number of piperidine rings is 1. The van der Waals surface area contributed by atoms with Crippen LogP contribution in [0.3, 0.4) is 0 Å². The van der Waals surface area contributed by atoms with E-state index in [0.29, 0.717) is 29.4 Å². The number of aromatic nitrogens is 2. The molecule has 1 fully saturated rings. The molecule has 1 saturated heterocycles. The van der Waals surface area contributed by atoms with Crippen molar-refractivity contribution in [3.8, 4) is 0 Å². The molecule has 4 rings (SSSR count). The van der Waals surface area contributed by atoms with Gasteiger partial charge in [0.1, 0.15) is 10.6 Å². The summed E-state index contributed by atoms with van der Waals surface area (Å²) < 4.78 is 28.1. The average Bonchev–Trinajstić information content (AvgIpc) is 2.64. The van der Waals surface area contributed by atoms with Crippen molar-refractivity contribution in [3.63, 3.8) is 0 Å². The molecular weight excluding hydrogens is 364 g/mol. The van der Waals surface area contributed by atoms with E-state index in [1.807, 2.05) is 43.5 Å². The van der Waals surface area contributed by atoms with Crippen LogP contribution in [-0.4, -0.2) is 56.1 Å². The summed E-state index contributed by atoms with van der Waals surface area (Å²) in [6, 6.07) is 7.05. The van der Waals surface area contributed by atoms with E-state index in [9.17, 15) is 8.42 Å². The molecule has 2 aliphatic heterocycles. The summed E-state index contributed by atoms with van der Waals surface area (Å²) in [5.41, 5.74) is 1.12. The van der Waals surface area contributed by atoms with Gasteiger partial charge in [-0.15, -0.1) is 0 Å². The molecular formula is C18H24N6O2S. The number of nitrogens with one attached hydrogen (secondary N) is 2. The molecule has 0 aliphatic carbocycles. The van der Waals surface area contributed by atoms with Crippen molar-refractivity contribution >= 4 is 21.7 Å². The second-order valence-corrected chi connectivity index (χ2v) is 9.02. The van der Waals surface area contributed by atoms with E-state index in [1.54, 1.807) is 12.1 Å². The highest BCUT2D eigenvalue weighted by molar-refractivity contribution is 7.89. The lowest BCUT2D eigenvalue weighted by molar-refractivity contribution is 0.158. The normalized spacial score (nSPS) is 20.7. The molecule has 1 spiro atoms. The van der Waals surface area contributed by atoms with E-state index < -0.39 is 15.7 Å². The van der Waals surface area contributed by atoms with Crippen LogP contribution in [0.1, 0.15) is 18.4 Å². The third-order valence-corrected chi connectivity index (χ3v) is 6.68. The maximum atomic E-state index is 12.6. The van der Waals surface area contributed by atoms with Crippen LogP contribution in [0, 0.1) is 0 Å². The zero-order valence-corrected chi connectivity index (χ0v) is 16.3. The number of likely N-dealkylation sites (tertiary alicyclic amines) is 1. The first kappa shape index (κ1) is 18.1. The Morgan fingerprint density at radius 1 is 1.15 bits per heavy atom. The molecule has 144 valence electrons. The predicted octanol–water partition coefficient (Wildman–Crippen LogP) is 1.24. The standard InChI is InChI=1S/C18H24N6O2S/c1-23(2)17-19-11-14(12-20-17)13-24-9-7-18(8-10-24)21-15-5-3-4-6-16(15)27(25,26)22-18/h3-6,11-12,21-22H,7-10,13H2,1-2H3. The Labute approximate surface area is 159 Å². The van der Waals surface area contributed by atoms with E-state index in [0.717, 1.165) is 25.2 Å². The summed E-state index contributed by atoms with van der Waals surface area (Å²) in [6.45, 7) is 2.33. The molecule has 0 amide bonds. The maximum absolute atomic E-state index is 12.6. The number of hydrogen-bond donors (Lipinski definition) is 2. The van der Waals surface area contributed by atoms with Gasteiger partial charge < -0.3 is 10.2 Å². The predicted molar refractivity (Wildman–Crippen MR) is 104 cm³/mol. The van der Waals surface area contributed by atoms with Crippen molar-refractivity contribution < 1.29 is 8.42 Å². The Morgan fingerprint density at radius 2 is 1.81 bits per heavy atom. The van der Waals surface area contributed by atoms with Gasteiger partial charge in [0.05, 0.1) is 5.69 Å². The van der Waals surface area contributed by atoms with Crippen LogP contribution in [0.2, 0.25) is 0 Å². The van der Waals surface area contributed by atoms with E-state index in [1.165, 1.54) is 0 Å². The average molecular weight is 388 g/mol. The monoisotopic (exact) mass is 388 g/mol. The van der Waals surface area contributed by atoms with Crippen molar-refractivity contribution in [1.82, 2.24) is 19.6 Å². The number of sulfonamides is 1. The Hall–Kier alpha value is -2.23. The van der Waals surface area contributed by atoms with Gasteiger partial charge in [-0.3, -0.25) is 4.90 Å². The fourth-order valence-electron chi connectivity index (χ4n) is 3.64. The fourth-order valence-corrected chi connectivity index (χ4v) is 5.18. The highest BCUT2D eigenvalue weighted by atomic mass is 32.2. The summed E-state index contributed by atoms with van der Waals surface area (Å²) >= 11 is 0. The van der Waals surface area contributed by atoms with Gasteiger partial charge in [0.15, 0.2) is 0 Å². The van der Waals surface area contributed by atoms with E-state index in [-0.39, 0.29) is 0 Å². The van der Waals surface area contributed by atoms with Crippen LogP contribution in [0.4, 0.5) is 11.6 Å². The minimum absolute atomic E-state index is 0.316. The first-order valence-electron chi connectivity index (χ1n) is 8.99. The molecule has 2 aliphatic rings. The minimum atomic E-state index is -3.50. The number of nitrogens with zero attached hydrogens (tertiary/aromatic N) is 4. The van der Waals surface area contributed by atoms with Gasteiger partial charge in [0.25, 0.3) is 0 Å². The summed E-state index contributed by atoms with van der Waals surface area (Å²) in [6.07, 6.45) is 5.09. The topological polar surface area (TPSA) is 90.5 Å². The molecule has 2 aromatic rings. The van der Waals surface area contributed by atoms with Crippen molar-refractivity contribution in [1.29, 1.82) is 0 Å². The molecule has 0 saturated carbocycles. The lowest BCUT2D eigenvalue weighted by Crippen LogP contribution is -2.61. The Bertz CT molecular complexity index is 921. The molecule has 1 aromatic heterocycles. The zero-order chi connectivity index (χ0) is 19.1. The first-order valence-corrected chi connectivity index (χ1v) is 10.5. The number of benzene rings is 1. The highest BCUT2D eigenvalue weighted by Crippen LogP contribution is 2.34. The third-order valence-electron chi connectivity index (χ3n) is 5.09. The quantitative estimate of drug-likeness (QED) is 0.817. The third kappa shape index (κ3) is 3.62. The van der Waals surface area contributed by atoms with E-state index in [4.69, 9.17) is 0 Å². The molecule has 0 bridgehead atoms. The number of hydrogen-bond acceptors (Lipinski definition) is 7. The zero-order valence-electron chi connectivity index (χ0n) is 15.5.